The van der Waals surface area contributed by atoms with Gasteiger partial charge in [0.2, 0.25) is 0 Å². The number of carbonyl (C=O) groups excluding carboxylic acids is 2. The van der Waals surface area contributed by atoms with E-state index in [9.17, 15) is 9.59 Å². The highest BCUT2D eigenvalue weighted by Crippen LogP contribution is 2.35. The minimum absolute atomic E-state index is 0.154. The van der Waals surface area contributed by atoms with Crippen molar-refractivity contribution in [1.29, 1.82) is 0 Å². The van der Waals surface area contributed by atoms with Crippen molar-refractivity contribution < 1.29 is 14.3 Å². The number of carbonyl (C=O) groups is 2. The van der Waals surface area contributed by atoms with Crippen molar-refractivity contribution in [3.8, 4) is 5.75 Å². The van der Waals surface area contributed by atoms with Crippen LogP contribution in [-0.2, 0) is 4.79 Å². The van der Waals surface area contributed by atoms with Crippen LogP contribution in [-0.4, -0.2) is 43.6 Å². The summed E-state index contributed by atoms with van der Waals surface area (Å²) < 4.78 is 5.74. The van der Waals surface area contributed by atoms with Crippen LogP contribution in [0.1, 0.15) is 33.9 Å². The van der Waals surface area contributed by atoms with E-state index in [0.717, 1.165) is 39.6 Å². The molecule has 36 heavy (non-hydrogen) atoms. The highest BCUT2D eigenvalue weighted by Gasteiger charge is 2.33. The lowest BCUT2D eigenvalue weighted by molar-refractivity contribution is -0.135. The van der Waals surface area contributed by atoms with Crippen molar-refractivity contribution in [1.82, 2.24) is 5.01 Å². The Kier molecular flexibility index (Phi) is 6.50. The van der Waals surface area contributed by atoms with E-state index in [4.69, 9.17) is 9.84 Å². The molecule has 0 aromatic heterocycles. The Morgan fingerprint density at radius 2 is 1.69 bits per heavy atom. The van der Waals surface area contributed by atoms with Gasteiger partial charge in [0.15, 0.2) is 6.61 Å². The number of nitrogens with zero attached hydrogens (tertiary/aromatic N) is 3. The van der Waals surface area contributed by atoms with Crippen molar-refractivity contribution in [2.75, 3.05) is 25.6 Å². The molecule has 180 valence electrons. The molecule has 1 aliphatic rings. The largest absolute Gasteiger partial charge is 0.484 e. The predicted molar refractivity (Wildman–Crippen MR) is 143 cm³/mol. The van der Waals surface area contributed by atoms with Gasteiger partial charge in [-0.25, -0.2) is 5.01 Å². The maximum atomic E-state index is 13.4. The van der Waals surface area contributed by atoms with Gasteiger partial charge in [-0.1, -0.05) is 54.6 Å². The van der Waals surface area contributed by atoms with Gasteiger partial charge in [-0.05, 0) is 52.7 Å². The van der Waals surface area contributed by atoms with Crippen LogP contribution in [0.4, 0.5) is 5.69 Å². The Labute approximate surface area is 210 Å². The molecule has 0 bridgehead atoms. The van der Waals surface area contributed by atoms with E-state index in [1.807, 2.05) is 37.2 Å². The summed E-state index contributed by atoms with van der Waals surface area (Å²) in [5.41, 5.74) is 4.56. The lowest BCUT2D eigenvalue weighted by atomic mass is 9.95. The van der Waals surface area contributed by atoms with Crippen LogP contribution >= 0.6 is 0 Å². The third-order valence-corrected chi connectivity index (χ3v) is 6.44. The van der Waals surface area contributed by atoms with Crippen LogP contribution in [0.25, 0.3) is 10.8 Å². The minimum atomic E-state index is -0.233. The molecule has 5 rings (SSSR count). The molecule has 0 spiro atoms. The monoisotopic (exact) mass is 477 g/mol. The third-order valence-electron chi connectivity index (χ3n) is 6.44. The fourth-order valence-electron chi connectivity index (χ4n) is 4.49. The fraction of sp³-hybridized carbons (Fsp3) is 0.167. The molecular formula is C30H27N3O3. The van der Waals surface area contributed by atoms with Crippen molar-refractivity contribution in [3.05, 3.63) is 108 Å². The maximum absolute atomic E-state index is 13.4. The van der Waals surface area contributed by atoms with Crippen LogP contribution in [0.15, 0.2) is 96.1 Å². The number of rotatable bonds is 7. The average molecular weight is 478 g/mol. The number of hydrogen-bond donors (Lipinski definition) is 0. The number of anilines is 1. The summed E-state index contributed by atoms with van der Waals surface area (Å²) in [6.45, 7) is -0.154. The van der Waals surface area contributed by atoms with Gasteiger partial charge in [-0.15, -0.1) is 0 Å². The molecule has 0 aliphatic carbocycles. The van der Waals surface area contributed by atoms with Gasteiger partial charge >= 0.3 is 0 Å². The van der Waals surface area contributed by atoms with Crippen LogP contribution in [0.3, 0.4) is 0 Å². The molecule has 0 N–H and O–H groups in total. The van der Waals surface area contributed by atoms with E-state index in [0.29, 0.717) is 17.7 Å². The third kappa shape index (κ3) is 4.70. The highest BCUT2D eigenvalue weighted by molar-refractivity contribution is 6.12. The molecule has 1 unspecified atom stereocenters. The quantitative estimate of drug-likeness (QED) is 0.331. The summed E-state index contributed by atoms with van der Waals surface area (Å²) in [5.74, 6) is 0.296. The molecule has 4 aromatic carbocycles. The molecule has 1 aliphatic heterocycles. The Hall–Kier alpha value is -4.45. The van der Waals surface area contributed by atoms with Crippen LogP contribution in [0.2, 0.25) is 0 Å². The first-order valence-electron chi connectivity index (χ1n) is 11.9. The summed E-state index contributed by atoms with van der Waals surface area (Å²) in [5, 5.41) is 8.63. The van der Waals surface area contributed by atoms with Gasteiger partial charge in [0, 0.05) is 37.3 Å². The lowest BCUT2D eigenvalue weighted by Gasteiger charge is -2.23. The van der Waals surface area contributed by atoms with E-state index >= 15 is 0 Å². The molecular weight excluding hydrogens is 450 g/mol. The summed E-state index contributed by atoms with van der Waals surface area (Å²) in [7, 11) is 4.00. The SMILES string of the molecule is CN(C)c1ccc(C2CC(c3cccc4ccccc34)=NN2C(=O)COc2ccc(C=O)cc2)cc1. The van der Waals surface area contributed by atoms with Crippen molar-refractivity contribution in [2.45, 2.75) is 12.5 Å². The molecule has 6 nitrogen and oxygen atoms in total. The summed E-state index contributed by atoms with van der Waals surface area (Å²) in [6.07, 6.45) is 1.38. The standard InChI is InChI=1S/C30H27N3O3/c1-32(2)24-14-12-23(13-15-24)29-18-28(27-9-5-7-22-6-3-4-8-26(22)27)31-33(29)30(35)20-36-25-16-10-21(19-34)11-17-25/h3-17,19,29H,18,20H2,1-2H3. The van der Waals surface area contributed by atoms with Gasteiger partial charge in [0.25, 0.3) is 5.91 Å². The number of amides is 1. The number of ether oxygens (including phenoxy) is 1. The first-order valence-corrected chi connectivity index (χ1v) is 11.9. The molecule has 0 saturated carbocycles. The van der Waals surface area contributed by atoms with Crippen molar-refractivity contribution >= 4 is 34.4 Å². The van der Waals surface area contributed by atoms with Crippen LogP contribution < -0.4 is 9.64 Å². The Morgan fingerprint density at radius 3 is 2.42 bits per heavy atom. The van der Waals surface area contributed by atoms with Crippen LogP contribution in [0.5, 0.6) is 5.75 Å². The van der Waals surface area contributed by atoms with Gasteiger partial charge in [0.05, 0.1) is 11.8 Å². The number of aldehydes is 1. The molecule has 0 saturated heterocycles. The van der Waals surface area contributed by atoms with Crippen LogP contribution in [0, 0.1) is 0 Å². The molecule has 0 radical (unpaired) electrons. The second-order valence-electron chi connectivity index (χ2n) is 8.99. The van der Waals surface area contributed by atoms with E-state index in [1.54, 1.807) is 29.3 Å². The smallest absolute Gasteiger partial charge is 0.281 e. The molecule has 1 amide bonds. The van der Waals surface area contributed by atoms with Crippen molar-refractivity contribution in [2.24, 2.45) is 5.10 Å². The van der Waals surface area contributed by atoms with Gasteiger partial charge in [0.1, 0.15) is 12.0 Å². The zero-order chi connectivity index (χ0) is 25.1. The fourth-order valence-corrected chi connectivity index (χ4v) is 4.49. The Morgan fingerprint density at radius 1 is 0.972 bits per heavy atom. The Bertz CT molecular complexity index is 1420. The molecule has 1 atom stereocenters. The summed E-state index contributed by atoms with van der Waals surface area (Å²) >= 11 is 0. The predicted octanol–water partition coefficient (Wildman–Crippen LogP) is 5.48. The lowest BCUT2D eigenvalue weighted by Crippen LogP contribution is -2.31. The van der Waals surface area contributed by atoms with E-state index in [-0.39, 0.29) is 18.6 Å². The topological polar surface area (TPSA) is 62.2 Å². The van der Waals surface area contributed by atoms with E-state index < -0.39 is 0 Å². The first kappa shape index (κ1) is 23.3. The zero-order valence-electron chi connectivity index (χ0n) is 20.3. The highest BCUT2D eigenvalue weighted by atomic mass is 16.5. The molecule has 6 heteroatoms. The first-order chi connectivity index (χ1) is 17.5. The zero-order valence-corrected chi connectivity index (χ0v) is 20.3. The van der Waals surface area contributed by atoms with Gasteiger partial charge < -0.3 is 9.64 Å². The Balaban J connectivity index is 1.45. The van der Waals surface area contributed by atoms with Gasteiger partial charge in [-0.2, -0.15) is 5.10 Å². The van der Waals surface area contributed by atoms with Gasteiger partial charge in [-0.3, -0.25) is 9.59 Å². The van der Waals surface area contributed by atoms with E-state index in [1.165, 1.54) is 0 Å². The molecule has 4 aromatic rings. The second kappa shape index (κ2) is 10.0. The number of hydrogen-bond acceptors (Lipinski definition) is 5. The number of hydrazone groups is 1. The molecule has 0 fully saturated rings. The number of fused-ring (bicyclic) bond motifs is 1. The normalized spacial score (nSPS) is 15.0. The summed E-state index contributed by atoms with van der Waals surface area (Å²) in [4.78, 5) is 26.3. The number of benzene rings is 4. The minimum Gasteiger partial charge on any atom is -0.484 e. The summed E-state index contributed by atoms with van der Waals surface area (Å²) in [6, 6.07) is 29.1. The molecule has 1 heterocycles. The second-order valence-corrected chi connectivity index (χ2v) is 8.99. The van der Waals surface area contributed by atoms with E-state index in [2.05, 4.69) is 48.5 Å². The van der Waals surface area contributed by atoms with Crippen molar-refractivity contribution in [3.63, 3.8) is 0 Å². The average Bonchev–Trinajstić information content (AvgIpc) is 3.37. The maximum Gasteiger partial charge on any atom is 0.281 e.